The van der Waals surface area contributed by atoms with Crippen molar-refractivity contribution in [3.05, 3.63) is 52.5 Å². The van der Waals surface area contributed by atoms with Gasteiger partial charge in [-0.15, -0.1) is 11.3 Å². The van der Waals surface area contributed by atoms with Crippen LogP contribution >= 0.6 is 11.3 Å². The number of carbonyl (C=O) groups is 1. The fourth-order valence-corrected chi connectivity index (χ4v) is 2.16. The molecule has 0 saturated heterocycles. The maximum atomic E-state index is 11.5. The number of aromatic nitrogens is 1. The number of aryl methyl sites for hydroxylation is 1. The molecule has 5 heteroatoms. The van der Waals surface area contributed by atoms with E-state index in [1.807, 2.05) is 36.6 Å². The quantitative estimate of drug-likeness (QED) is 0.632. The van der Waals surface area contributed by atoms with Gasteiger partial charge < -0.3 is 10.1 Å². The van der Waals surface area contributed by atoms with Crippen molar-refractivity contribution >= 4 is 23.3 Å². The highest BCUT2D eigenvalue weighted by Gasteiger charge is 1.97. The maximum Gasteiger partial charge on any atom is 0.244 e. The number of benzene rings is 1. The van der Waals surface area contributed by atoms with Crippen molar-refractivity contribution in [1.82, 2.24) is 10.3 Å². The van der Waals surface area contributed by atoms with Gasteiger partial charge in [0.1, 0.15) is 10.8 Å². The van der Waals surface area contributed by atoms with Crippen molar-refractivity contribution in [3.8, 4) is 5.75 Å². The fraction of sp³-hybridized carbons (Fsp3) is 0.250. The largest absolute Gasteiger partial charge is 0.494 e. The van der Waals surface area contributed by atoms with Crippen LogP contribution in [0.15, 0.2) is 41.9 Å². The second kappa shape index (κ2) is 8.21. The van der Waals surface area contributed by atoms with Gasteiger partial charge in [-0.1, -0.05) is 17.7 Å². The van der Waals surface area contributed by atoms with E-state index in [0.717, 1.165) is 17.2 Å². The Balaban J connectivity index is 1.59. The van der Waals surface area contributed by atoms with Gasteiger partial charge in [0.2, 0.25) is 5.91 Å². The Morgan fingerprint density at radius 3 is 2.90 bits per heavy atom. The first-order chi connectivity index (χ1) is 10.2. The normalized spacial score (nSPS) is 10.7. The third-order valence-corrected chi connectivity index (χ3v) is 3.48. The van der Waals surface area contributed by atoms with Gasteiger partial charge in [-0.25, -0.2) is 4.98 Å². The molecule has 0 radical (unpaired) electrons. The molecule has 1 N–H and O–H groups in total. The summed E-state index contributed by atoms with van der Waals surface area (Å²) in [4.78, 5) is 15.6. The second-order valence-electron chi connectivity index (χ2n) is 4.51. The summed E-state index contributed by atoms with van der Waals surface area (Å²) in [5, 5.41) is 5.51. The Morgan fingerprint density at radius 1 is 1.38 bits per heavy atom. The van der Waals surface area contributed by atoms with Gasteiger partial charge in [0.15, 0.2) is 0 Å². The molecule has 2 aromatic rings. The lowest BCUT2D eigenvalue weighted by Crippen LogP contribution is -2.23. The standard InChI is InChI=1S/C16H18N2O2S/c1-13-3-5-14(6-4-13)20-11-2-9-17-15(19)7-8-16-18-10-12-21-16/h3-8,10,12H,2,9,11H2,1H3,(H,17,19)/b8-7+. The van der Waals surface area contributed by atoms with Crippen molar-refractivity contribution in [2.45, 2.75) is 13.3 Å². The van der Waals surface area contributed by atoms with Crippen molar-refractivity contribution in [2.75, 3.05) is 13.2 Å². The summed E-state index contributed by atoms with van der Waals surface area (Å²) < 4.78 is 5.58. The van der Waals surface area contributed by atoms with E-state index in [1.54, 1.807) is 12.3 Å². The predicted molar refractivity (Wildman–Crippen MR) is 85.4 cm³/mol. The predicted octanol–water partition coefficient (Wildman–Crippen LogP) is 3.05. The molecule has 4 nitrogen and oxygen atoms in total. The molecule has 1 amide bonds. The van der Waals surface area contributed by atoms with Gasteiger partial charge in [-0.05, 0) is 31.6 Å². The lowest BCUT2D eigenvalue weighted by atomic mass is 10.2. The van der Waals surface area contributed by atoms with Gasteiger partial charge in [-0.2, -0.15) is 0 Å². The van der Waals surface area contributed by atoms with E-state index < -0.39 is 0 Å². The van der Waals surface area contributed by atoms with Gasteiger partial charge in [0.05, 0.1) is 6.61 Å². The molecule has 0 aliphatic heterocycles. The molecule has 1 aromatic carbocycles. The first-order valence-electron chi connectivity index (χ1n) is 6.79. The molecule has 0 fully saturated rings. The SMILES string of the molecule is Cc1ccc(OCCCNC(=O)/C=C/c2nccs2)cc1. The van der Waals surface area contributed by atoms with Crippen molar-refractivity contribution in [2.24, 2.45) is 0 Å². The number of carbonyl (C=O) groups excluding carboxylic acids is 1. The highest BCUT2D eigenvalue weighted by Crippen LogP contribution is 2.11. The van der Waals surface area contributed by atoms with E-state index >= 15 is 0 Å². The van der Waals surface area contributed by atoms with Crippen LogP contribution in [-0.2, 0) is 4.79 Å². The topological polar surface area (TPSA) is 51.2 Å². The first-order valence-corrected chi connectivity index (χ1v) is 7.67. The minimum atomic E-state index is -0.111. The van der Waals surface area contributed by atoms with Crippen LogP contribution in [0.3, 0.4) is 0 Å². The molecular weight excluding hydrogens is 284 g/mol. The van der Waals surface area contributed by atoms with Crippen LogP contribution in [0.25, 0.3) is 6.08 Å². The summed E-state index contributed by atoms with van der Waals surface area (Å²) in [7, 11) is 0. The average molecular weight is 302 g/mol. The molecule has 0 aliphatic rings. The number of ether oxygens (including phenoxy) is 1. The number of nitrogens with zero attached hydrogens (tertiary/aromatic N) is 1. The smallest absolute Gasteiger partial charge is 0.244 e. The minimum absolute atomic E-state index is 0.111. The zero-order valence-electron chi connectivity index (χ0n) is 11.9. The molecule has 1 heterocycles. The lowest BCUT2D eigenvalue weighted by molar-refractivity contribution is -0.116. The molecular formula is C16H18N2O2S. The Kier molecular flexibility index (Phi) is 5.97. The highest BCUT2D eigenvalue weighted by molar-refractivity contribution is 7.10. The fourth-order valence-electron chi connectivity index (χ4n) is 1.63. The van der Waals surface area contributed by atoms with E-state index in [1.165, 1.54) is 23.0 Å². The third kappa shape index (κ3) is 5.79. The van der Waals surface area contributed by atoms with Crippen molar-refractivity contribution < 1.29 is 9.53 Å². The van der Waals surface area contributed by atoms with Crippen LogP contribution in [0, 0.1) is 6.92 Å². The zero-order chi connectivity index (χ0) is 14.9. The van der Waals surface area contributed by atoms with E-state index in [-0.39, 0.29) is 5.91 Å². The summed E-state index contributed by atoms with van der Waals surface area (Å²) in [5.41, 5.74) is 1.21. The number of rotatable bonds is 7. The van der Waals surface area contributed by atoms with E-state index in [4.69, 9.17) is 4.74 Å². The molecule has 0 bridgehead atoms. The maximum absolute atomic E-state index is 11.5. The van der Waals surface area contributed by atoms with Crippen LogP contribution in [0.4, 0.5) is 0 Å². The Hall–Kier alpha value is -2.14. The summed E-state index contributed by atoms with van der Waals surface area (Å²) in [6, 6.07) is 7.93. The molecule has 1 aromatic heterocycles. The van der Waals surface area contributed by atoms with Crippen LogP contribution in [-0.4, -0.2) is 24.0 Å². The third-order valence-electron chi connectivity index (χ3n) is 2.74. The van der Waals surface area contributed by atoms with E-state index in [2.05, 4.69) is 10.3 Å². The highest BCUT2D eigenvalue weighted by atomic mass is 32.1. The van der Waals surface area contributed by atoms with Gasteiger partial charge in [-0.3, -0.25) is 4.79 Å². The summed E-state index contributed by atoms with van der Waals surface area (Å²) in [6.07, 6.45) is 5.69. The summed E-state index contributed by atoms with van der Waals surface area (Å²) in [5.74, 6) is 0.746. The number of amides is 1. The van der Waals surface area contributed by atoms with Crippen LogP contribution in [0.2, 0.25) is 0 Å². The first kappa shape index (κ1) is 15.3. The monoisotopic (exact) mass is 302 g/mol. The number of hydrogen-bond acceptors (Lipinski definition) is 4. The minimum Gasteiger partial charge on any atom is -0.494 e. The van der Waals surface area contributed by atoms with Gasteiger partial charge >= 0.3 is 0 Å². The Morgan fingerprint density at radius 2 is 2.19 bits per heavy atom. The number of nitrogens with one attached hydrogen (secondary N) is 1. The van der Waals surface area contributed by atoms with E-state index in [0.29, 0.717) is 13.2 Å². The molecule has 0 atom stereocenters. The van der Waals surface area contributed by atoms with Gasteiger partial charge in [0.25, 0.3) is 0 Å². The summed E-state index contributed by atoms with van der Waals surface area (Å²) >= 11 is 1.50. The average Bonchev–Trinajstić information content (AvgIpc) is 3.00. The lowest BCUT2D eigenvalue weighted by Gasteiger charge is -2.06. The Labute approximate surface area is 128 Å². The van der Waals surface area contributed by atoms with Crippen LogP contribution < -0.4 is 10.1 Å². The molecule has 0 aliphatic carbocycles. The van der Waals surface area contributed by atoms with Crippen molar-refractivity contribution in [1.29, 1.82) is 0 Å². The molecule has 21 heavy (non-hydrogen) atoms. The number of hydrogen-bond donors (Lipinski definition) is 1. The second-order valence-corrected chi connectivity index (χ2v) is 5.44. The van der Waals surface area contributed by atoms with Crippen LogP contribution in [0.5, 0.6) is 5.75 Å². The van der Waals surface area contributed by atoms with Crippen LogP contribution in [0.1, 0.15) is 17.0 Å². The number of thiazole rings is 1. The van der Waals surface area contributed by atoms with E-state index in [9.17, 15) is 4.79 Å². The molecule has 0 unspecified atom stereocenters. The van der Waals surface area contributed by atoms with Crippen molar-refractivity contribution in [3.63, 3.8) is 0 Å². The zero-order valence-corrected chi connectivity index (χ0v) is 12.7. The summed E-state index contributed by atoms with van der Waals surface area (Å²) in [6.45, 7) is 3.21. The molecule has 110 valence electrons. The Bertz CT molecular complexity index is 577. The molecule has 2 rings (SSSR count). The van der Waals surface area contributed by atoms with Gasteiger partial charge in [0, 0.05) is 24.2 Å². The molecule has 0 saturated carbocycles. The molecule has 0 spiro atoms.